The van der Waals surface area contributed by atoms with Crippen LogP contribution in [0.1, 0.15) is 6.42 Å². The number of carbonyl (C=O) groups is 2. The Morgan fingerprint density at radius 2 is 1.80 bits per heavy atom. The Labute approximate surface area is 121 Å². The molecule has 2 N–H and O–H groups in total. The molecule has 4 nitrogen and oxygen atoms in total. The molecule has 4 atom stereocenters. The molecule has 1 saturated carbocycles. The summed E-state index contributed by atoms with van der Waals surface area (Å²) in [4.78, 5) is 23.8. The van der Waals surface area contributed by atoms with E-state index in [1.807, 2.05) is 12.2 Å². The van der Waals surface area contributed by atoms with Gasteiger partial charge in [0.2, 0.25) is 5.91 Å². The van der Waals surface area contributed by atoms with Crippen LogP contribution < -0.4 is 5.32 Å². The van der Waals surface area contributed by atoms with Crippen molar-refractivity contribution in [3.8, 4) is 0 Å². The predicted octanol–water partition coefficient (Wildman–Crippen LogP) is 2.80. The molecule has 1 amide bonds. The summed E-state index contributed by atoms with van der Waals surface area (Å²) < 4.78 is 0. The van der Waals surface area contributed by atoms with Crippen molar-refractivity contribution in [1.29, 1.82) is 0 Å². The number of anilines is 1. The first-order valence-corrected chi connectivity index (χ1v) is 6.92. The van der Waals surface area contributed by atoms with Gasteiger partial charge in [0.1, 0.15) is 0 Å². The molecule has 2 bridgehead atoms. The molecule has 3 rings (SSSR count). The second kappa shape index (κ2) is 4.94. The summed E-state index contributed by atoms with van der Waals surface area (Å²) in [6.45, 7) is 0. The minimum absolute atomic E-state index is 0.0172. The number of halogens is 1. The predicted molar refractivity (Wildman–Crippen MR) is 75.4 cm³/mol. The monoisotopic (exact) mass is 291 g/mol. The van der Waals surface area contributed by atoms with Gasteiger partial charge in [-0.05, 0) is 30.4 Å². The van der Waals surface area contributed by atoms with E-state index in [1.54, 1.807) is 24.3 Å². The second-order valence-electron chi connectivity index (χ2n) is 5.31. The van der Waals surface area contributed by atoms with Crippen molar-refractivity contribution in [2.24, 2.45) is 23.7 Å². The normalized spacial score (nSPS) is 30.4. The molecule has 0 spiro atoms. The fraction of sp³-hybridized carbons (Fsp3) is 0.333. The summed E-state index contributed by atoms with van der Waals surface area (Å²) in [6.07, 6.45) is 4.63. The van der Waals surface area contributed by atoms with E-state index >= 15 is 0 Å². The number of aliphatic carboxylic acids is 1. The Hall–Kier alpha value is -1.81. The van der Waals surface area contributed by atoms with Crippen LogP contribution in [0.4, 0.5) is 5.69 Å². The van der Waals surface area contributed by atoms with Gasteiger partial charge in [0, 0.05) is 0 Å². The van der Waals surface area contributed by atoms with Crippen LogP contribution >= 0.6 is 11.6 Å². The lowest BCUT2D eigenvalue weighted by molar-refractivity contribution is -0.146. The van der Waals surface area contributed by atoms with Crippen molar-refractivity contribution in [3.05, 3.63) is 41.4 Å². The van der Waals surface area contributed by atoms with Crippen LogP contribution in [-0.4, -0.2) is 17.0 Å². The van der Waals surface area contributed by atoms with Gasteiger partial charge in [0.05, 0.1) is 22.5 Å². The zero-order chi connectivity index (χ0) is 14.3. The zero-order valence-electron chi connectivity index (χ0n) is 10.6. The Balaban J connectivity index is 1.82. The summed E-state index contributed by atoms with van der Waals surface area (Å²) >= 11 is 6.01. The molecule has 1 aromatic carbocycles. The van der Waals surface area contributed by atoms with Crippen molar-refractivity contribution >= 4 is 29.2 Å². The number of allylic oxidation sites excluding steroid dienone is 2. The van der Waals surface area contributed by atoms with Crippen molar-refractivity contribution in [2.75, 3.05) is 5.32 Å². The van der Waals surface area contributed by atoms with Gasteiger partial charge in [0.15, 0.2) is 0 Å². The molecule has 0 heterocycles. The summed E-state index contributed by atoms with van der Waals surface area (Å²) in [5.41, 5.74) is 0.523. The van der Waals surface area contributed by atoms with Crippen LogP contribution in [0, 0.1) is 23.7 Å². The molecule has 5 heteroatoms. The molecule has 2 aliphatic rings. The van der Waals surface area contributed by atoms with Crippen molar-refractivity contribution in [3.63, 3.8) is 0 Å². The number of amides is 1. The van der Waals surface area contributed by atoms with E-state index in [4.69, 9.17) is 11.6 Å². The number of fused-ring (bicyclic) bond motifs is 2. The van der Waals surface area contributed by atoms with Crippen molar-refractivity contribution in [2.45, 2.75) is 6.42 Å². The number of rotatable bonds is 3. The number of carbonyl (C=O) groups excluding carboxylic acids is 1. The maximum absolute atomic E-state index is 12.4. The van der Waals surface area contributed by atoms with Gasteiger partial charge in [-0.25, -0.2) is 0 Å². The third-order valence-electron chi connectivity index (χ3n) is 4.18. The zero-order valence-corrected chi connectivity index (χ0v) is 11.4. The van der Waals surface area contributed by atoms with Crippen LogP contribution in [-0.2, 0) is 9.59 Å². The van der Waals surface area contributed by atoms with E-state index in [0.717, 1.165) is 6.42 Å². The van der Waals surface area contributed by atoms with Gasteiger partial charge >= 0.3 is 5.97 Å². The number of hydrogen-bond donors (Lipinski definition) is 2. The molecular weight excluding hydrogens is 278 g/mol. The highest BCUT2D eigenvalue weighted by Gasteiger charge is 2.51. The highest BCUT2D eigenvalue weighted by molar-refractivity contribution is 6.33. The fourth-order valence-corrected chi connectivity index (χ4v) is 3.48. The van der Waals surface area contributed by atoms with Crippen LogP contribution in [0.3, 0.4) is 0 Å². The first-order chi connectivity index (χ1) is 9.58. The number of carboxylic acid groups (broad SMARTS) is 1. The smallest absolute Gasteiger partial charge is 0.307 e. The average Bonchev–Trinajstić information content (AvgIpc) is 3.01. The topological polar surface area (TPSA) is 66.4 Å². The standard InChI is InChI=1S/C15H14ClNO3/c16-10-3-1-2-4-11(10)17-14(18)12-8-5-6-9(7-8)13(12)15(19)20/h1-6,8-9,12-13H,7H2,(H,17,18)(H,19,20)/t8-,9+,12-,13-/m1/s1. The van der Waals surface area contributed by atoms with Crippen LogP contribution in [0.25, 0.3) is 0 Å². The molecule has 0 unspecified atom stereocenters. The number of nitrogens with one attached hydrogen (secondary N) is 1. The molecule has 20 heavy (non-hydrogen) atoms. The first kappa shape index (κ1) is 13.2. The molecular formula is C15H14ClNO3. The summed E-state index contributed by atoms with van der Waals surface area (Å²) in [5.74, 6) is -2.32. The Bertz CT molecular complexity index is 599. The van der Waals surface area contributed by atoms with Gasteiger partial charge in [-0.3, -0.25) is 9.59 Å². The van der Waals surface area contributed by atoms with Crippen LogP contribution in [0.5, 0.6) is 0 Å². The molecule has 1 aromatic rings. The molecule has 0 saturated heterocycles. The lowest BCUT2D eigenvalue weighted by atomic mass is 9.82. The summed E-state index contributed by atoms with van der Waals surface area (Å²) in [7, 11) is 0. The number of carboxylic acids is 1. The minimum Gasteiger partial charge on any atom is -0.481 e. The Morgan fingerprint density at radius 3 is 2.45 bits per heavy atom. The van der Waals surface area contributed by atoms with Gasteiger partial charge < -0.3 is 10.4 Å². The molecule has 2 aliphatic carbocycles. The number of benzene rings is 1. The highest BCUT2D eigenvalue weighted by atomic mass is 35.5. The number of hydrogen-bond acceptors (Lipinski definition) is 2. The first-order valence-electron chi connectivity index (χ1n) is 6.54. The van der Waals surface area contributed by atoms with Crippen LogP contribution in [0.2, 0.25) is 5.02 Å². The van der Waals surface area contributed by atoms with Crippen molar-refractivity contribution < 1.29 is 14.7 Å². The maximum Gasteiger partial charge on any atom is 0.307 e. The van der Waals surface area contributed by atoms with E-state index in [0.29, 0.717) is 10.7 Å². The molecule has 0 aliphatic heterocycles. The molecule has 0 radical (unpaired) electrons. The molecule has 0 aromatic heterocycles. The summed E-state index contributed by atoms with van der Waals surface area (Å²) in [5, 5.41) is 12.5. The maximum atomic E-state index is 12.4. The van der Waals surface area contributed by atoms with E-state index in [2.05, 4.69) is 5.32 Å². The lowest BCUT2D eigenvalue weighted by Gasteiger charge is -2.24. The van der Waals surface area contributed by atoms with Gasteiger partial charge in [-0.2, -0.15) is 0 Å². The SMILES string of the molecule is O=C(Nc1ccccc1Cl)[C@H]1[C@H](C(=O)O)[C@H]2C=C[C@@H]1C2. The lowest BCUT2D eigenvalue weighted by Crippen LogP contribution is -2.36. The second-order valence-corrected chi connectivity index (χ2v) is 5.71. The molecule has 104 valence electrons. The van der Waals surface area contributed by atoms with E-state index in [1.165, 1.54) is 0 Å². The Kier molecular flexibility index (Phi) is 3.26. The van der Waals surface area contributed by atoms with Gasteiger partial charge in [-0.15, -0.1) is 0 Å². The van der Waals surface area contributed by atoms with Gasteiger partial charge in [-0.1, -0.05) is 35.9 Å². The van der Waals surface area contributed by atoms with E-state index < -0.39 is 17.8 Å². The third kappa shape index (κ3) is 2.10. The largest absolute Gasteiger partial charge is 0.481 e. The van der Waals surface area contributed by atoms with E-state index in [9.17, 15) is 14.7 Å². The minimum atomic E-state index is -0.902. The molecule has 1 fully saturated rings. The van der Waals surface area contributed by atoms with Crippen LogP contribution in [0.15, 0.2) is 36.4 Å². The van der Waals surface area contributed by atoms with E-state index in [-0.39, 0.29) is 17.7 Å². The third-order valence-corrected chi connectivity index (χ3v) is 4.51. The Morgan fingerprint density at radius 1 is 1.15 bits per heavy atom. The quantitative estimate of drug-likeness (QED) is 0.842. The summed E-state index contributed by atoms with van der Waals surface area (Å²) in [6, 6.07) is 6.95. The average molecular weight is 292 g/mol. The van der Waals surface area contributed by atoms with Crippen molar-refractivity contribution in [1.82, 2.24) is 0 Å². The fourth-order valence-electron chi connectivity index (χ4n) is 3.29. The number of para-hydroxylation sites is 1. The highest BCUT2D eigenvalue weighted by Crippen LogP contribution is 2.48. The van der Waals surface area contributed by atoms with Gasteiger partial charge in [0.25, 0.3) is 0 Å².